The van der Waals surface area contributed by atoms with Crippen LogP contribution in [0.3, 0.4) is 0 Å². The molecule has 0 aliphatic rings. The van der Waals surface area contributed by atoms with Crippen molar-refractivity contribution < 1.29 is 0 Å². The third-order valence-electron chi connectivity index (χ3n) is 2.22. The van der Waals surface area contributed by atoms with E-state index in [2.05, 4.69) is 33.4 Å². The molecule has 0 saturated carbocycles. The Bertz CT molecular complexity index is 465. The summed E-state index contributed by atoms with van der Waals surface area (Å²) in [7, 11) is 1.89. The van der Waals surface area contributed by atoms with Crippen LogP contribution in [-0.2, 0) is 12.8 Å². The maximum Gasteiger partial charge on any atom is 0.186 e. The van der Waals surface area contributed by atoms with Gasteiger partial charge in [-0.25, -0.2) is 14.6 Å². The van der Waals surface area contributed by atoms with E-state index in [1.54, 1.807) is 22.8 Å². The maximum absolute atomic E-state index is 4.32. The van der Waals surface area contributed by atoms with Gasteiger partial charge in [0.1, 0.15) is 12.1 Å². The van der Waals surface area contributed by atoms with Crippen molar-refractivity contribution in [2.45, 2.75) is 17.8 Å². The fourth-order valence-electron chi connectivity index (χ4n) is 1.36. The monoisotopic (exact) mass is 249 g/mol. The molecule has 0 saturated heterocycles. The van der Waals surface area contributed by atoms with E-state index in [9.17, 15) is 0 Å². The molecule has 0 atom stereocenters. The highest BCUT2D eigenvalue weighted by Crippen LogP contribution is 2.19. The summed E-state index contributed by atoms with van der Waals surface area (Å²) in [6, 6.07) is 4.07. The lowest BCUT2D eigenvalue weighted by atomic mass is 10.3. The maximum atomic E-state index is 4.32. The van der Waals surface area contributed by atoms with Crippen LogP contribution >= 0.6 is 11.8 Å². The lowest BCUT2D eigenvalue weighted by Crippen LogP contribution is -1.99. The zero-order chi connectivity index (χ0) is 12.1. The Hall–Kier alpha value is -1.56. The molecule has 0 radical (unpaired) electrons. The number of pyridine rings is 1. The Labute approximate surface area is 105 Å². The molecular weight excluding hydrogens is 234 g/mol. The largest absolute Gasteiger partial charge is 0.370 e. The molecule has 2 rings (SSSR count). The summed E-state index contributed by atoms with van der Waals surface area (Å²) in [5, 5.41) is 8.11. The third kappa shape index (κ3) is 3.20. The van der Waals surface area contributed by atoms with Gasteiger partial charge in [-0.15, -0.1) is 0 Å². The molecule has 90 valence electrons. The van der Waals surface area contributed by atoms with Gasteiger partial charge in [0.25, 0.3) is 0 Å². The summed E-state index contributed by atoms with van der Waals surface area (Å²) >= 11 is 1.65. The van der Waals surface area contributed by atoms with Crippen molar-refractivity contribution in [3.05, 3.63) is 30.2 Å². The van der Waals surface area contributed by atoms with Gasteiger partial charge >= 0.3 is 0 Å². The molecule has 0 aliphatic heterocycles. The standard InChI is InChI=1S/C11H15N5S/c1-3-12-10-5-4-9(6-13-10)7-17-11-14-8-15-16(11)2/h4-6,8H,3,7H2,1-2H3,(H,12,13). The van der Waals surface area contributed by atoms with Crippen LogP contribution in [0, 0.1) is 0 Å². The predicted octanol–water partition coefficient (Wildman–Crippen LogP) is 1.93. The molecule has 17 heavy (non-hydrogen) atoms. The second-order valence-electron chi connectivity index (χ2n) is 3.54. The van der Waals surface area contributed by atoms with Crippen LogP contribution in [-0.4, -0.2) is 26.3 Å². The van der Waals surface area contributed by atoms with Crippen molar-refractivity contribution in [3.63, 3.8) is 0 Å². The van der Waals surface area contributed by atoms with Gasteiger partial charge in [-0.1, -0.05) is 17.8 Å². The number of thioether (sulfide) groups is 1. The first-order valence-electron chi connectivity index (χ1n) is 5.45. The van der Waals surface area contributed by atoms with Crippen molar-refractivity contribution in [2.75, 3.05) is 11.9 Å². The first kappa shape index (κ1) is 11.9. The third-order valence-corrected chi connectivity index (χ3v) is 3.33. The minimum Gasteiger partial charge on any atom is -0.370 e. The number of hydrogen-bond donors (Lipinski definition) is 1. The predicted molar refractivity (Wildman–Crippen MR) is 69.0 cm³/mol. The zero-order valence-corrected chi connectivity index (χ0v) is 10.7. The number of aryl methyl sites for hydroxylation is 1. The van der Waals surface area contributed by atoms with E-state index in [0.29, 0.717) is 0 Å². The van der Waals surface area contributed by atoms with Gasteiger partial charge in [0.05, 0.1) is 0 Å². The summed E-state index contributed by atoms with van der Waals surface area (Å²) in [6.07, 6.45) is 3.45. The quantitative estimate of drug-likeness (QED) is 0.821. The molecule has 6 heteroatoms. The molecule has 1 N–H and O–H groups in total. The van der Waals surface area contributed by atoms with E-state index < -0.39 is 0 Å². The van der Waals surface area contributed by atoms with Crippen LogP contribution in [0.15, 0.2) is 29.8 Å². The van der Waals surface area contributed by atoms with Gasteiger partial charge in [-0.3, -0.25) is 0 Å². The molecule has 0 unspecified atom stereocenters. The molecule has 2 aromatic rings. The molecule has 0 bridgehead atoms. The average Bonchev–Trinajstić information content (AvgIpc) is 2.75. The van der Waals surface area contributed by atoms with Crippen LogP contribution in [0.25, 0.3) is 0 Å². The summed E-state index contributed by atoms with van der Waals surface area (Å²) < 4.78 is 1.77. The highest BCUT2D eigenvalue weighted by atomic mass is 32.2. The van der Waals surface area contributed by atoms with Gasteiger partial charge in [0, 0.05) is 25.5 Å². The van der Waals surface area contributed by atoms with E-state index in [1.165, 1.54) is 5.56 Å². The molecule has 2 aromatic heterocycles. The summed E-state index contributed by atoms with van der Waals surface area (Å²) in [6.45, 7) is 2.94. The molecule has 0 aliphatic carbocycles. The second-order valence-corrected chi connectivity index (χ2v) is 4.48. The summed E-state index contributed by atoms with van der Waals surface area (Å²) in [5.74, 6) is 1.77. The van der Waals surface area contributed by atoms with E-state index in [0.717, 1.165) is 23.3 Å². The Balaban J connectivity index is 1.93. The van der Waals surface area contributed by atoms with Gasteiger partial charge in [-0.2, -0.15) is 5.10 Å². The number of aromatic nitrogens is 4. The smallest absolute Gasteiger partial charge is 0.186 e. The van der Waals surface area contributed by atoms with E-state index in [1.807, 2.05) is 19.3 Å². The van der Waals surface area contributed by atoms with Crippen LogP contribution < -0.4 is 5.32 Å². The van der Waals surface area contributed by atoms with Crippen molar-refractivity contribution in [3.8, 4) is 0 Å². The Kier molecular flexibility index (Phi) is 3.98. The molecule has 2 heterocycles. The number of anilines is 1. The van der Waals surface area contributed by atoms with Gasteiger partial charge in [-0.05, 0) is 18.6 Å². The topological polar surface area (TPSA) is 55.6 Å². The van der Waals surface area contributed by atoms with Crippen molar-refractivity contribution >= 4 is 17.6 Å². The summed E-state index contributed by atoms with van der Waals surface area (Å²) in [5.41, 5.74) is 1.18. The van der Waals surface area contributed by atoms with Crippen molar-refractivity contribution in [2.24, 2.45) is 7.05 Å². The van der Waals surface area contributed by atoms with E-state index in [4.69, 9.17) is 0 Å². The fraction of sp³-hybridized carbons (Fsp3) is 0.364. The minimum atomic E-state index is 0.853. The zero-order valence-electron chi connectivity index (χ0n) is 9.92. The molecular formula is C11H15N5S. The van der Waals surface area contributed by atoms with Crippen LogP contribution in [0.1, 0.15) is 12.5 Å². The van der Waals surface area contributed by atoms with Crippen molar-refractivity contribution in [1.82, 2.24) is 19.7 Å². The average molecular weight is 249 g/mol. The normalized spacial score (nSPS) is 10.5. The number of rotatable bonds is 5. The van der Waals surface area contributed by atoms with Crippen molar-refractivity contribution in [1.29, 1.82) is 0 Å². The SMILES string of the molecule is CCNc1ccc(CSc2ncnn2C)cn1. The van der Waals surface area contributed by atoms with Gasteiger partial charge in [0.15, 0.2) is 5.16 Å². The molecule has 0 amide bonds. The molecule has 0 fully saturated rings. The van der Waals surface area contributed by atoms with Gasteiger partial charge < -0.3 is 5.32 Å². The highest BCUT2D eigenvalue weighted by molar-refractivity contribution is 7.98. The molecule has 0 aromatic carbocycles. The Morgan fingerprint density at radius 1 is 1.35 bits per heavy atom. The van der Waals surface area contributed by atoms with Gasteiger partial charge in [0.2, 0.25) is 0 Å². The first-order chi connectivity index (χ1) is 8.29. The lowest BCUT2D eigenvalue weighted by Gasteiger charge is -2.04. The summed E-state index contributed by atoms with van der Waals surface area (Å²) in [4.78, 5) is 8.48. The van der Waals surface area contributed by atoms with E-state index in [-0.39, 0.29) is 0 Å². The second kappa shape index (κ2) is 5.67. The fourth-order valence-corrected chi connectivity index (χ4v) is 2.18. The van der Waals surface area contributed by atoms with Crippen LogP contribution in [0.4, 0.5) is 5.82 Å². The molecule has 5 nitrogen and oxygen atoms in total. The first-order valence-corrected chi connectivity index (χ1v) is 6.43. The minimum absolute atomic E-state index is 0.853. The Morgan fingerprint density at radius 2 is 2.24 bits per heavy atom. The molecule has 0 spiro atoms. The Morgan fingerprint density at radius 3 is 2.82 bits per heavy atom. The van der Waals surface area contributed by atoms with Crippen LogP contribution in [0.5, 0.6) is 0 Å². The number of hydrogen-bond acceptors (Lipinski definition) is 5. The van der Waals surface area contributed by atoms with E-state index >= 15 is 0 Å². The lowest BCUT2D eigenvalue weighted by molar-refractivity contribution is 0.685. The highest BCUT2D eigenvalue weighted by Gasteiger charge is 2.02. The number of nitrogens with zero attached hydrogens (tertiary/aromatic N) is 4. The number of nitrogens with one attached hydrogen (secondary N) is 1. The van der Waals surface area contributed by atoms with Crippen LogP contribution in [0.2, 0.25) is 0 Å².